The van der Waals surface area contributed by atoms with Crippen LogP contribution in [0, 0.1) is 5.92 Å². The highest BCUT2D eigenvalue weighted by atomic mass is 35.5. The maximum atomic E-state index is 13.7. The molecule has 1 fully saturated rings. The van der Waals surface area contributed by atoms with Gasteiger partial charge in [-0.15, -0.1) is 0 Å². The molecule has 7 nitrogen and oxygen atoms in total. The van der Waals surface area contributed by atoms with Crippen molar-refractivity contribution in [3.8, 4) is 0 Å². The minimum absolute atomic E-state index is 0.157. The quantitative estimate of drug-likeness (QED) is 0.321. The van der Waals surface area contributed by atoms with Crippen LogP contribution in [0.25, 0.3) is 0 Å². The Morgan fingerprint density at radius 1 is 0.853 bits per heavy atom. The zero-order valence-corrected chi connectivity index (χ0v) is 18.4. The molecule has 0 N–H and O–H groups in total. The van der Waals surface area contributed by atoms with Gasteiger partial charge in [-0.05, 0) is 36.4 Å². The van der Waals surface area contributed by atoms with Crippen molar-refractivity contribution in [1.29, 1.82) is 0 Å². The van der Waals surface area contributed by atoms with Crippen LogP contribution in [0.15, 0.2) is 78.9 Å². The fourth-order valence-electron chi connectivity index (χ4n) is 4.50. The second-order valence-corrected chi connectivity index (χ2v) is 8.49. The first-order chi connectivity index (χ1) is 16.4. The second-order valence-electron chi connectivity index (χ2n) is 8.05. The van der Waals surface area contributed by atoms with Crippen molar-refractivity contribution in [3.05, 3.63) is 95.0 Å². The van der Waals surface area contributed by atoms with Gasteiger partial charge in [-0.2, -0.15) is 0 Å². The van der Waals surface area contributed by atoms with Crippen molar-refractivity contribution < 1.29 is 24.0 Å². The molecule has 0 aliphatic carbocycles. The van der Waals surface area contributed by atoms with E-state index in [9.17, 15) is 24.0 Å². The first-order valence-electron chi connectivity index (χ1n) is 10.6. The number of fused-ring (bicyclic) bond motifs is 1. The first kappa shape index (κ1) is 21.7. The van der Waals surface area contributed by atoms with Crippen LogP contribution in [0.5, 0.6) is 0 Å². The Hall–Kier alpha value is -4.10. The van der Waals surface area contributed by atoms with Gasteiger partial charge in [-0.3, -0.25) is 33.8 Å². The molecule has 2 aliphatic rings. The van der Waals surface area contributed by atoms with E-state index in [1.165, 1.54) is 18.2 Å². The van der Waals surface area contributed by atoms with Crippen LogP contribution in [-0.4, -0.2) is 35.3 Å². The highest BCUT2D eigenvalue weighted by molar-refractivity contribution is 6.53. The lowest BCUT2D eigenvalue weighted by Crippen LogP contribution is -2.51. The van der Waals surface area contributed by atoms with E-state index in [1.807, 2.05) is 0 Å². The average Bonchev–Trinajstić information content (AvgIpc) is 3.28. The lowest BCUT2D eigenvalue weighted by molar-refractivity contribution is -0.122. The summed E-state index contributed by atoms with van der Waals surface area (Å²) in [5, 5.41) is 0.439. The largest absolute Gasteiger partial charge is 0.300 e. The summed E-state index contributed by atoms with van der Waals surface area (Å²) in [5.74, 6) is -4.48. The van der Waals surface area contributed by atoms with Gasteiger partial charge in [0.15, 0.2) is 5.78 Å². The fraction of sp³-hybridized carbons (Fsp3) is 0.115. The van der Waals surface area contributed by atoms with Crippen LogP contribution < -0.4 is 9.80 Å². The second kappa shape index (κ2) is 8.35. The Kier molecular flexibility index (Phi) is 5.34. The number of imide groups is 1. The Bertz CT molecular complexity index is 1350. The molecule has 1 saturated heterocycles. The van der Waals surface area contributed by atoms with Crippen LogP contribution in [0.3, 0.4) is 0 Å². The SMILES string of the molecule is O=C1C(=O)N([C@@H](C(=O)c2ccccc2)[C@H]2CC(=O)N(c3ccc(Cl)cc3)C2=O)c2ccccc21. The number of hydrogen-bond acceptors (Lipinski definition) is 5. The number of Topliss-reactive ketones (excluding diaryl/α,β-unsaturated/α-hetero) is 2. The molecule has 0 aromatic heterocycles. The van der Waals surface area contributed by atoms with Crippen molar-refractivity contribution in [2.75, 3.05) is 9.80 Å². The van der Waals surface area contributed by atoms with Gasteiger partial charge in [-0.25, -0.2) is 0 Å². The molecule has 3 amide bonds. The molecule has 3 aromatic carbocycles. The average molecular weight is 473 g/mol. The molecule has 0 spiro atoms. The van der Waals surface area contributed by atoms with Gasteiger partial charge in [0.05, 0.1) is 22.9 Å². The molecular weight excluding hydrogens is 456 g/mol. The van der Waals surface area contributed by atoms with E-state index in [4.69, 9.17) is 11.6 Å². The van der Waals surface area contributed by atoms with Crippen LogP contribution >= 0.6 is 11.6 Å². The number of para-hydroxylation sites is 1. The Balaban J connectivity index is 1.61. The summed E-state index contributed by atoms with van der Waals surface area (Å²) in [6.45, 7) is 0. The predicted octanol–water partition coefficient (Wildman–Crippen LogP) is 3.70. The number of halogens is 1. The molecule has 34 heavy (non-hydrogen) atoms. The molecule has 5 rings (SSSR count). The normalized spacial score (nSPS) is 18.4. The summed E-state index contributed by atoms with van der Waals surface area (Å²) in [4.78, 5) is 68.0. The molecule has 168 valence electrons. The molecule has 8 heteroatoms. The van der Waals surface area contributed by atoms with Gasteiger partial charge >= 0.3 is 0 Å². The minimum Gasteiger partial charge on any atom is -0.293 e. The third-order valence-corrected chi connectivity index (χ3v) is 6.33. The molecule has 0 bridgehead atoms. The zero-order valence-electron chi connectivity index (χ0n) is 17.7. The van der Waals surface area contributed by atoms with Gasteiger partial charge < -0.3 is 0 Å². The molecule has 0 radical (unpaired) electrons. The minimum atomic E-state index is -1.36. The summed E-state index contributed by atoms with van der Waals surface area (Å²) in [6.07, 6.45) is -0.287. The van der Waals surface area contributed by atoms with Crippen molar-refractivity contribution in [1.82, 2.24) is 0 Å². The van der Waals surface area contributed by atoms with Crippen molar-refractivity contribution in [2.24, 2.45) is 5.92 Å². The smallest absolute Gasteiger partial charge is 0.293 e. The van der Waals surface area contributed by atoms with Crippen molar-refractivity contribution in [2.45, 2.75) is 12.5 Å². The number of hydrogen-bond donors (Lipinski definition) is 0. The summed E-state index contributed by atoms with van der Waals surface area (Å²) in [6, 6.07) is 19.3. The number of rotatable bonds is 5. The number of carbonyl (C=O) groups excluding carboxylic acids is 5. The van der Waals surface area contributed by atoms with Gasteiger partial charge in [0.25, 0.3) is 11.7 Å². The number of benzene rings is 3. The molecule has 2 aliphatic heterocycles. The van der Waals surface area contributed by atoms with Crippen LogP contribution in [0.1, 0.15) is 27.1 Å². The number of carbonyl (C=O) groups is 5. The Morgan fingerprint density at radius 2 is 1.50 bits per heavy atom. The lowest BCUT2D eigenvalue weighted by Gasteiger charge is -2.30. The molecule has 3 aromatic rings. The summed E-state index contributed by atoms with van der Waals surface area (Å²) in [5.41, 5.74) is 0.987. The van der Waals surface area contributed by atoms with Gasteiger partial charge in [0, 0.05) is 17.0 Å². The molecule has 0 saturated carbocycles. The molecule has 0 unspecified atom stereocenters. The Morgan fingerprint density at radius 3 is 2.21 bits per heavy atom. The van der Waals surface area contributed by atoms with Gasteiger partial charge in [0.1, 0.15) is 6.04 Å². The third kappa shape index (κ3) is 3.41. The van der Waals surface area contributed by atoms with Crippen molar-refractivity contribution >= 4 is 52.3 Å². The highest BCUT2D eigenvalue weighted by Crippen LogP contribution is 2.38. The Labute approximate surface area is 199 Å². The summed E-state index contributed by atoms with van der Waals surface area (Å²) >= 11 is 5.93. The van der Waals surface area contributed by atoms with E-state index < -0.39 is 41.2 Å². The van der Waals surface area contributed by atoms with E-state index >= 15 is 0 Å². The van der Waals surface area contributed by atoms with Crippen LogP contribution in [-0.2, 0) is 14.4 Å². The van der Waals surface area contributed by atoms with Crippen LogP contribution in [0.4, 0.5) is 11.4 Å². The maximum Gasteiger partial charge on any atom is 0.300 e. The number of amides is 3. The molecule has 2 heterocycles. The van der Waals surface area contributed by atoms with E-state index in [-0.39, 0.29) is 23.2 Å². The van der Waals surface area contributed by atoms with Crippen LogP contribution in [0.2, 0.25) is 5.02 Å². The maximum absolute atomic E-state index is 13.7. The molecular formula is C26H17ClN2O5. The number of anilines is 2. The van der Waals surface area contributed by atoms with E-state index in [2.05, 4.69) is 0 Å². The number of nitrogens with zero attached hydrogens (tertiary/aromatic N) is 2. The third-order valence-electron chi connectivity index (χ3n) is 6.07. The monoisotopic (exact) mass is 472 g/mol. The molecule has 2 atom stereocenters. The van der Waals surface area contributed by atoms with E-state index in [1.54, 1.807) is 60.7 Å². The van der Waals surface area contributed by atoms with E-state index in [0.717, 1.165) is 9.80 Å². The van der Waals surface area contributed by atoms with Gasteiger partial charge in [-0.1, -0.05) is 54.1 Å². The van der Waals surface area contributed by atoms with Gasteiger partial charge in [0.2, 0.25) is 11.8 Å². The lowest BCUT2D eigenvalue weighted by atomic mass is 9.89. The predicted molar refractivity (Wildman–Crippen MR) is 125 cm³/mol. The van der Waals surface area contributed by atoms with E-state index in [0.29, 0.717) is 10.7 Å². The topological polar surface area (TPSA) is 91.8 Å². The standard InChI is InChI=1S/C26H17ClN2O5/c27-16-10-12-17(13-11-16)28-21(30)14-19(25(28)33)22(23(31)15-6-2-1-3-7-15)29-20-9-5-4-8-18(20)24(32)26(29)34/h1-13,19,22H,14H2/t19-,22-/m1/s1. The number of ketones is 2. The highest BCUT2D eigenvalue weighted by Gasteiger charge is 2.52. The fourth-order valence-corrected chi connectivity index (χ4v) is 4.63. The first-order valence-corrected chi connectivity index (χ1v) is 10.9. The zero-order chi connectivity index (χ0) is 24.0. The summed E-state index contributed by atoms with van der Waals surface area (Å²) in [7, 11) is 0. The summed E-state index contributed by atoms with van der Waals surface area (Å²) < 4.78 is 0. The van der Waals surface area contributed by atoms with Crippen molar-refractivity contribution in [3.63, 3.8) is 0 Å².